The molecule has 5 rings (SSSR count). The van der Waals surface area contributed by atoms with E-state index in [-0.39, 0.29) is 23.0 Å². The van der Waals surface area contributed by atoms with Crippen molar-refractivity contribution in [3.8, 4) is 11.1 Å². The van der Waals surface area contributed by atoms with Crippen molar-refractivity contribution in [2.45, 2.75) is 23.0 Å². The third-order valence-electron chi connectivity index (χ3n) is 5.70. The molecule has 28 heavy (non-hydrogen) atoms. The van der Waals surface area contributed by atoms with Gasteiger partial charge in [0.05, 0.1) is 6.33 Å². The number of piperidine rings is 1. The van der Waals surface area contributed by atoms with Crippen molar-refractivity contribution < 1.29 is 8.42 Å². The van der Waals surface area contributed by atoms with Gasteiger partial charge in [0.2, 0.25) is 0 Å². The Hall–Kier alpha value is -2.55. The highest BCUT2D eigenvalue weighted by molar-refractivity contribution is 7.89. The maximum Gasteiger partial charge on any atom is 0.262 e. The fourth-order valence-electron chi connectivity index (χ4n) is 4.39. The Morgan fingerprint density at radius 1 is 1.07 bits per heavy atom. The Balaban J connectivity index is 1.42. The molecular formula is C20H21N5O2S. The zero-order valence-electron chi connectivity index (χ0n) is 15.4. The summed E-state index contributed by atoms with van der Waals surface area (Å²) in [5.74, 6) is 0.197. The quantitative estimate of drug-likeness (QED) is 0.726. The molecule has 7 nitrogen and oxygen atoms in total. The van der Waals surface area contributed by atoms with Crippen LogP contribution >= 0.6 is 0 Å². The molecule has 3 aromatic rings. The lowest BCUT2D eigenvalue weighted by molar-refractivity contribution is 0.0368. The number of hydrogen-bond donors (Lipinski definition) is 1. The van der Waals surface area contributed by atoms with Crippen LogP contribution in [0.1, 0.15) is 11.5 Å². The number of rotatable bonds is 4. The zero-order valence-corrected chi connectivity index (χ0v) is 16.2. The van der Waals surface area contributed by atoms with E-state index in [1.165, 1.54) is 11.9 Å². The summed E-state index contributed by atoms with van der Waals surface area (Å²) in [5, 5.41) is 3.46. The lowest BCUT2D eigenvalue weighted by atomic mass is 9.74. The van der Waals surface area contributed by atoms with E-state index in [9.17, 15) is 8.42 Å². The first-order valence-corrected chi connectivity index (χ1v) is 10.7. The van der Waals surface area contributed by atoms with Gasteiger partial charge in [-0.3, -0.25) is 4.98 Å². The van der Waals surface area contributed by atoms with Crippen molar-refractivity contribution >= 4 is 10.0 Å². The molecule has 0 amide bonds. The summed E-state index contributed by atoms with van der Waals surface area (Å²) in [7, 11) is -1.80. The molecule has 2 bridgehead atoms. The zero-order chi connectivity index (χ0) is 19.3. The molecule has 144 valence electrons. The summed E-state index contributed by atoms with van der Waals surface area (Å²) >= 11 is 0. The minimum absolute atomic E-state index is 0.0880. The third-order valence-corrected chi connectivity index (χ3v) is 7.54. The molecule has 0 saturated carbocycles. The van der Waals surface area contributed by atoms with Crippen LogP contribution in [0.3, 0.4) is 0 Å². The van der Waals surface area contributed by atoms with Crippen molar-refractivity contribution in [1.82, 2.24) is 24.2 Å². The molecule has 2 saturated heterocycles. The Labute approximate surface area is 164 Å². The van der Waals surface area contributed by atoms with E-state index in [2.05, 4.69) is 39.6 Å². The van der Waals surface area contributed by atoms with Crippen molar-refractivity contribution in [3.63, 3.8) is 0 Å². The van der Waals surface area contributed by atoms with E-state index < -0.39 is 10.0 Å². The largest absolute Gasteiger partial charge is 0.339 e. The fourth-order valence-corrected chi connectivity index (χ4v) is 6.21. The number of sulfonamides is 1. The van der Waals surface area contributed by atoms with Crippen LogP contribution in [-0.2, 0) is 17.1 Å². The first-order chi connectivity index (χ1) is 13.6. The van der Waals surface area contributed by atoms with Gasteiger partial charge in [0.1, 0.15) is 0 Å². The van der Waals surface area contributed by atoms with Gasteiger partial charge in [-0.2, -0.15) is 4.31 Å². The van der Waals surface area contributed by atoms with Crippen LogP contribution in [0.15, 0.2) is 66.3 Å². The highest BCUT2D eigenvalue weighted by Crippen LogP contribution is 2.45. The molecule has 0 aliphatic carbocycles. The van der Waals surface area contributed by atoms with Gasteiger partial charge >= 0.3 is 0 Å². The molecule has 3 atom stereocenters. The Morgan fingerprint density at radius 2 is 1.82 bits per heavy atom. The average molecular weight is 395 g/mol. The first kappa shape index (κ1) is 17.5. The summed E-state index contributed by atoms with van der Waals surface area (Å²) in [6, 6.07) is 12.2. The molecule has 0 radical (unpaired) electrons. The Morgan fingerprint density at radius 3 is 2.43 bits per heavy atom. The second-order valence-electron chi connectivity index (χ2n) is 7.39. The summed E-state index contributed by atoms with van der Waals surface area (Å²) in [4.78, 5) is 8.24. The molecule has 8 heteroatoms. The standard InChI is InChI=1S/C20H21N5O2S/c1-24-12-19(23-13-24)28(26,27)25-17-10-22-11-18(25)20(17)15-6-4-14(5-7-15)16-3-2-8-21-9-16/h2-9,12-13,17-18,20,22H,10-11H2,1H3/t17-,18+,20?. The molecule has 2 fully saturated rings. The topological polar surface area (TPSA) is 80.1 Å². The van der Waals surface area contributed by atoms with E-state index in [0.717, 1.165) is 11.1 Å². The van der Waals surface area contributed by atoms with Crippen LogP contribution in [-0.4, -0.2) is 52.4 Å². The second kappa shape index (κ2) is 6.51. The maximum absolute atomic E-state index is 13.1. The normalized spacial score (nSPS) is 24.7. The molecule has 2 aliphatic heterocycles. The number of aryl methyl sites for hydroxylation is 1. The van der Waals surface area contributed by atoms with Gasteiger partial charge in [-0.15, -0.1) is 0 Å². The number of nitrogens with zero attached hydrogens (tertiary/aromatic N) is 4. The number of hydrogen-bond acceptors (Lipinski definition) is 5. The second-order valence-corrected chi connectivity index (χ2v) is 9.18. The minimum Gasteiger partial charge on any atom is -0.339 e. The van der Waals surface area contributed by atoms with Gasteiger partial charge < -0.3 is 9.88 Å². The van der Waals surface area contributed by atoms with Crippen molar-refractivity contribution in [3.05, 3.63) is 66.9 Å². The van der Waals surface area contributed by atoms with Crippen LogP contribution < -0.4 is 5.32 Å². The lowest BCUT2D eigenvalue weighted by Gasteiger charge is -2.57. The number of nitrogens with one attached hydrogen (secondary N) is 1. The van der Waals surface area contributed by atoms with Crippen LogP contribution in [0.5, 0.6) is 0 Å². The predicted octanol–water partition coefficient (Wildman–Crippen LogP) is 1.61. The summed E-state index contributed by atoms with van der Waals surface area (Å²) in [6.07, 6.45) is 6.69. The molecular weight excluding hydrogens is 374 g/mol. The summed E-state index contributed by atoms with van der Waals surface area (Å²) in [6.45, 7) is 1.30. The van der Waals surface area contributed by atoms with Crippen molar-refractivity contribution in [2.24, 2.45) is 7.05 Å². The predicted molar refractivity (Wildman–Crippen MR) is 105 cm³/mol. The number of benzene rings is 1. The Bertz CT molecular complexity index is 1080. The van der Waals surface area contributed by atoms with Gasteiger partial charge in [0.25, 0.3) is 10.0 Å². The molecule has 2 aliphatic rings. The smallest absolute Gasteiger partial charge is 0.262 e. The van der Waals surface area contributed by atoms with E-state index in [4.69, 9.17) is 0 Å². The molecule has 2 aromatic heterocycles. The van der Waals surface area contributed by atoms with Crippen LogP contribution in [0, 0.1) is 0 Å². The molecule has 0 spiro atoms. The monoisotopic (exact) mass is 395 g/mol. The van der Waals surface area contributed by atoms with Crippen LogP contribution in [0.2, 0.25) is 0 Å². The van der Waals surface area contributed by atoms with E-state index >= 15 is 0 Å². The maximum atomic E-state index is 13.1. The highest BCUT2D eigenvalue weighted by atomic mass is 32.2. The number of fused-ring (bicyclic) bond motifs is 2. The molecule has 1 aromatic carbocycles. The summed E-state index contributed by atoms with van der Waals surface area (Å²) < 4.78 is 29.5. The molecule has 1 N–H and O–H groups in total. The molecule has 1 unspecified atom stereocenters. The Kier molecular flexibility index (Phi) is 4.08. The van der Waals surface area contributed by atoms with Gasteiger partial charge in [-0.1, -0.05) is 30.3 Å². The van der Waals surface area contributed by atoms with Crippen LogP contribution in [0.4, 0.5) is 0 Å². The summed E-state index contributed by atoms with van der Waals surface area (Å²) in [5.41, 5.74) is 3.36. The number of aromatic nitrogens is 3. The highest BCUT2D eigenvalue weighted by Gasteiger charge is 2.57. The number of piperazine rings is 1. The van der Waals surface area contributed by atoms with Gasteiger partial charge in [0, 0.05) is 56.7 Å². The van der Waals surface area contributed by atoms with Crippen molar-refractivity contribution in [1.29, 1.82) is 0 Å². The van der Waals surface area contributed by atoms with E-state index in [0.29, 0.717) is 13.1 Å². The fraction of sp³-hybridized carbons (Fsp3) is 0.300. The first-order valence-electron chi connectivity index (χ1n) is 9.28. The van der Waals surface area contributed by atoms with Crippen LogP contribution in [0.25, 0.3) is 11.1 Å². The van der Waals surface area contributed by atoms with E-state index in [1.807, 2.05) is 18.3 Å². The number of pyridine rings is 1. The third kappa shape index (κ3) is 2.68. The lowest BCUT2D eigenvalue weighted by Crippen LogP contribution is -2.73. The minimum atomic E-state index is -3.58. The SMILES string of the molecule is Cn1cnc(S(=O)(=O)N2[C@@H]3CNC[C@H]2C3c2ccc(-c3cccnc3)cc2)c1. The van der Waals surface area contributed by atoms with Crippen molar-refractivity contribution in [2.75, 3.05) is 13.1 Å². The average Bonchev–Trinajstić information content (AvgIpc) is 3.17. The van der Waals surface area contributed by atoms with Gasteiger partial charge in [-0.05, 0) is 22.8 Å². The van der Waals surface area contributed by atoms with Gasteiger partial charge in [-0.25, -0.2) is 13.4 Å². The number of imidazole rings is 1. The molecule has 4 heterocycles. The van der Waals surface area contributed by atoms with E-state index in [1.54, 1.807) is 28.3 Å². The van der Waals surface area contributed by atoms with Gasteiger partial charge in [0.15, 0.2) is 5.03 Å².